The van der Waals surface area contributed by atoms with Gasteiger partial charge in [0.15, 0.2) is 5.96 Å². The monoisotopic (exact) mass is 475 g/mol. The molecule has 1 aromatic carbocycles. The number of guanidine groups is 1. The highest BCUT2D eigenvalue weighted by molar-refractivity contribution is 14.0. The van der Waals surface area contributed by atoms with Crippen LogP contribution in [0.2, 0.25) is 5.02 Å². The van der Waals surface area contributed by atoms with Crippen molar-refractivity contribution in [1.29, 1.82) is 0 Å². The van der Waals surface area contributed by atoms with Gasteiger partial charge in [-0.1, -0.05) is 23.7 Å². The lowest BCUT2D eigenvalue weighted by atomic mass is 10.0. The number of piperidine rings is 1. The van der Waals surface area contributed by atoms with E-state index in [0.29, 0.717) is 41.6 Å². The van der Waals surface area contributed by atoms with Gasteiger partial charge in [-0.05, 0) is 43.0 Å². The Kier molecular flexibility index (Phi) is 7.49. The fourth-order valence-electron chi connectivity index (χ4n) is 2.84. The van der Waals surface area contributed by atoms with Crippen molar-refractivity contribution in [3.8, 4) is 11.4 Å². The summed E-state index contributed by atoms with van der Waals surface area (Å²) in [4.78, 5) is 11.0. The first-order valence-corrected chi connectivity index (χ1v) is 8.63. The predicted molar refractivity (Wildman–Crippen MR) is 110 cm³/mol. The Labute approximate surface area is 169 Å². The zero-order valence-corrected chi connectivity index (χ0v) is 17.3. The van der Waals surface area contributed by atoms with Gasteiger partial charge in [-0.15, -0.1) is 24.0 Å². The number of likely N-dealkylation sites (tertiary alicyclic amines) is 1. The molecule has 1 aliphatic heterocycles. The Morgan fingerprint density at radius 3 is 2.88 bits per heavy atom. The first kappa shape index (κ1) is 20.0. The quantitative estimate of drug-likeness (QED) is 0.415. The summed E-state index contributed by atoms with van der Waals surface area (Å²) in [5.74, 6) is 2.40. The van der Waals surface area contributed by atoms with E-state index in [-0.39, 0.29) is 24.0 Å². The van der Waals surface area contributed by atoms with E-state index in [9.17, 15) is 0 Å². The van der Waals surface area contributed by atoms with Gasteiger partial charge in [0.1, 0.15) is 0 Å². The number of nitrogens with two attached hydrogens (primary N) is 1. The molecule has 0 radical (unpaired) electrons. The van der Waals surface area contributed by atoms with E-state index in [1.807, 2.05) is 12.1 Å². The predicted octanol–water partition coefficient (Wildman–Crippen LogP) is 3.60. The molecule has 1 aromatic heterocycles. The molecule has 1 unspecified atom stereocenters. The normalized spacial score (nSPS) is 18.1. The largest absolute Gasteiger partial charge is 0.370 e. The highest BCUT2D eigenvalue weighted by atomic mass is 127. The molecule has 0 amide bonds. The lowest BCUT2D eigenvalue weighted by Gasteiger charge is -2.31. The number of nitrogens with zero attached hydrogens (tertiary/aromatic N) is 4. The van der Waals surface area contributed by atoms with Crippen molar-refractivity contribution in [2.75, 3.05) is 19.6 Å². The summed E-state index contributed by atoms with van der Waals surface area (Å²) in [5.41, 5.74) is 6.96. The molecule has 0 spiro atoms. The van der Waals surface area contributed by atoms with Crippen LogP contribution in [-0.2, 0) is 6.42 Å². The molecule has 0 saturated carbocycles. The highest BCUT2D eigenvalue weighted by Crippen LogP contribution is 2.19. The zero-order valence-electron chi connectivity index (χ0n) is 14.2. The highest BCUT2D eigenvalue weighted by Gasteiger charge is 2.17. The first-order valence-electron chi connectivity index (χ1n) is 8.25. The third-order valence-corrected chi connectivity index (χ3v) is 4.40. The van der Waals surface area contributed by atoms with E-state index >= 15 is 0 Å². The minimum Gasteiger partial charge on any atom is -0.370 e. The number of rotatable bonds is 4. The number of aromatic nitrogens is 2. The van der Waals surface area contributed by atoms with Crippen molar-refractivity contribution in [3.05, 3.63) is 35.2 Å². The van der Waals surface area contributed by atoms with Crippen molar-refractivity contribution in [2.24, 2.45) is 16.6 Å². The maximum atomic E-state index is 6.08. The van der Waals surface area contributed by atoms with Crippen LogP contribution in [-0.4, -0.2) is 40.6 Å². The van der Waals surface area contributed by atoms with Crippen molar-refractivity contribution in [1.82, 2.24) is 15.0 Å². The van der Waals surface area contributed by atoms with Crippen LogP contribution in [0.3, 0.4) is 0 Å². The molecule has 25 heavy (non-hydrogen) atoms. The van der Waals surface area contributed by atoms with Crippen molar-refractivity contribution in [2.45, 2.75) is 26.2 Å². The van der Waals surface area contributed by atoms with E-state index in [0.717, 1.165) is 18.7 Å². The summed E-state index contributed by atoms with van der Waals surface area (Å²) < 4.78 is 5.28. The number of aliphatic imine (C=N–C) groups is 1. The number of hydrogen-bond donors (Lipinski definition) is 1. The van der Waals surface area contributed by atoms with Gasteiger partial charge in [-0.25, -0.2) is 0 Å². The lowest BCUT2D eigenvalue weighted by Crippen LogP contribution is -2.43. The molecule has 2 N–H and O–H groups in total. The molecule has 1 aliphatic rings. The summed E-state index contributed by atoms with van der Waals surface area (Å²) in [6.45, 7) is 4.76. The molecule has 1 saturated heterocycles. The average Bonchev–Trinajstić information content (AvgIpc) is 3.04. The lowest BCUT2D eigenvalue weighted by molar-refractivity contribution is 0.270. The van der Waals surface area contributed by atoms with Gasteiger partial charge in [0.25, 0.3) is 0 Å². The molecule has 2 heterocycles. The second-order valence-electron chi connectivity index (χ2n) is 6.20. The van der Waals surface area contributed by atoms with Gasteiger partial charge in [-0.2, -0.15) is 4.98 Å². The van der Waals surface area contributed by atoms with Crippen LogP contribution in [0.1, 0.15) is 25.7 Å². The maximum absolute atomic E-state index is 6.08. The van der Waals surface area contributed by atoms with Gasteiger partial charge in [0.05, 0.1) is 6.54 Å². The van der Waals surface area contributed by atoms with Crippen molar-refractivity contribution < 1.29 is 4.52 Å². The Morgan fingerprint density at radius 2 is 2.16 bits per heavy atom. The van der Waals surface area contributed by atoms with Gasteiger partial charge in [0.2, 0.25) is 11.7 Å². The van der Waals surface area contributed by atoms with Crippen molar-refractivity contribution in [3.63, 3.8) is 0 Å². The molecule has 0 bridgehead atoms. The minimum atomic E-state index is 0. The molecule has 6 nitrogen and oxygen atoms in total. The van der Waals surface area contributed by atoms with Gasteiger partial charge in [-0.3, -0.25) is 4.99 Å². The summed E-state index contributed by atoms with van der Waals surface area (Å²) in [5, 5.41) is 4.67. The van der Waals surface area contributed by atoms with Crippen LogP contribution in [0.25, 0.3) is 11.4 Å². The first-order chi connectivity index (χ1) is 11.6. The molecular weight excluding hydrogens is 453 g/mol. The molecule has 3 rings (SSSR count). The standard InChI is InChI=1S/C17H22ClN5O.HI/c1-12-3-2-10-23(11-12)17(19)20-9-8-15-21-16(22-24-15)13-4-6-14(18)7-5-13;/h4-7,12H,2-3,8-11H2,1H3,(H2,19,20);1H. The Bertz CT molecular complexity index is 703. The van der Waals surface area contributed by atoms with Crippen LogP contribution in [0.5, 0.6) is 0 Å². The van der Waals surface area contributed by atoms with Crippen LogP contribution in [0.4, 0.5) is 0 Å². The fourth-order valence-corrected chi connectivity index (χ4v) is 2.96. The van der Waals surface area contributed by atoms with Crippen LogP contribution in [0, 0.1) is 5.92 Å². The SMILES string of the molecule is CC1CCCN(C(N)=NCCc2nc(-c3ccc(Cl)cc3)no2)C1.I. The summed E-state index contributed by atoms with van der Waals surface area (Å²) in [6.07, 6.45) is 3.01. The van der Waals surface area contributed by atoms with E-state index in [1.54, 1.807) is 12.1 Å². The molecule has 1 atom stereocenters. The summed E-state index contributed by atoms with van der Waals surface area (Å²) in [6, 6.07) is 7.34. The van der Waals surface area contributed by atoms with Gasteiger partial charge < -0.3 is 15.2 Å². The fraction of sp³-hybridized carbons (Fsp3) is 0.471. The molecule has 0 aliphatic carbocycles. The Morgan fingerprint density at radius 1 is 1.40 bits per heavy atom. The maximum Gasteiger partial charge on any atom is 0.228 e. The molecule has 1 fully saturated rings. The molecule has 8 heteroatoms. The van der Waals surface area contributed by atoms with Gasteiger partial charge >= 0.3 is 0 Å². The van der Waals surface area contributed by atoms with E-state index in [4.69, 9.17) is 21.9 Å². The van der Waals surface area contributed by atoms with Crippen molar-refractivity contribution >= 4 is 41.5 Å². The minimum absolute atomic E-state index is 0. The number of benzene rings is 1. The third-order valence-electron chi connectivity index (χ3n) is 4.15. The number of halogens is 2. The second-order valence-corrected chi connectivity index (χ2v) is 6.64. The zero-order chi connectivity index (χ0) is 16.9. The molecule has 2 aromatic rings. The summed E-state index contributed by atoms with van der Waals surface area (Å²) >= 11 is 5.88. The topological polar surface area (TPSA) is 80.5 Å². The van der Waals surface area contributed by atoms with E-state index in [2.05, 4.69) is 27.0 Å². The van der Waals surface area contributed by atoms with Crippen LogP contribution >= 0.6 is 35.6 Å². The average molecular weight is 476 g/mol. The number of hydrogen-bond acceptors (Lipinski definition) is 4. The smallest absolute Gasteiger partial charge is 0.228 e. The Hall–Kier alpha value is -1.35. The molecule has 136 valence electrons. The van der Waals surface area contributed by atoms with Crippen LogP contribution in [0.15, 0.2) is 33.8 Å². The second kappa shape index (κ2) is 9.38. The van der Waals surface area contributed by atoms with Gasteiger partial charge in [0, 0.05) is 30.1 Å². The molecular formula is C17H23ClIN5O. The third kappa shape index (κ3) is 5.57. The summed E-state index contributed by atoms with van der Waals surface area (Å²) in [7, 11) is 0. The van der Waals surface area contributed by atoms with E-state index < -0.39 is 0 Å². The van der Waals surface area contributed by atoms with Crippen LogP contribution < -0.4 is 5.73 Å². The van der Waals surface area contributed by atoms with E-state index in [1.165, 1.54) is 12.8 Å². The Balaban J connectivity index is 0.00000225.